The van der Waals surface area contributed by atoms with Crippen molar-refractivity contribution in [2.45, 2.75) is 32.2 Å². The first-order valence-electron chi connectivity index (χ1n) is 9.71. The molecule has 1 fully saturated rings. The molecule has 1 saturated heterocycles. The van der Waals surface area contributed by atoms with Gasteiger partial charge >= 0.3 is 12.0 Å². The van der Waals surface area contributed by atoms with Crippen LogP contribution in [0.1, 0.15) is 41.9 Å². The number of hydrogen-bond donors (Lipinski definition) is 2. The zero-order valence-corrected chi connectivity index (χ0v) is 18.6. The normalized spacial score (nSPS) is 18.1. The van der Waals surface area contributed by atoms with Gasteiger partial charge < -0.3 is 15.4 Å². The first-order chi connectivity index (χ1) is 14.7. The maximum Gasteiger partial charge on any atom is 0.338 e. The van der Waals surface area contributed by atoms with E-state index in [1.807, 2.05) is 6.92 Å². The van der Waals surface area contributed by atoms with Crippen molar-refractivity contribution in [3.8, 4) is 0 Å². The van der Waals surface area contributed by atoms with Crippen molar-refractivity contribution in [3.63, 3.8) is 0 Å². The van der Waals surface area contributed by atoms with Crippen molar-refractivity contribution < 1.29 is 23.9 Å². The second kappa shape index (κ2) is 9.49. The molecule has 2 heterocycles. The van der Waals surface area contributed by atoms with Gasteiger partial charge in [-0.25, -0.2) is 9.59 Å². The lowest BCUT2D eigenvalue weighted by atomic mass is 10.0. The fraction of sp³-hybridized carbons (Fsp3) is 0.333. The van der Waals surface area contributed by atoms with E-state index in [4.69, 9.17) is 16.3 Å². The summed E-state index contributed by atoms with van der Waals surface area (Å²) >= 11 is 7.13. The van der Waals surface area contributed by atoms with Crippen LogP contribution in [-0.4, -0.2) is 41.9 Å². The van der Waals surface area contributed by atoms with Gasteiger partial charge in [-0.05, 0) is 49.7 Å². The third-order valence-electron chi connectivity index (χ3n) is 4.78. The summed E-state index contributed by atoms with van der Waals surface area (Å²) in [6, 6.07) is 8.84. The van der Waals surface area contributed by atoms with Crippen LogP contribution >= 0.6 is 22.9 Å². The molecule has 4 amide bonds. The first-order valence-corrected chi connectivity index (χ1v) is 10.9. The second-order valence-electron chi connectivity index (χ2n) is 7.17. The Kier molecular flexibility index (Phi) is 6.97. The zero-order valence-electron chi connectivity index (χ0n) is 17.1. The van der Waals surface area contributed by atoms with Crippen LogP contribution in [0.5, 0.6) is 0 Å². The summed E-state index contributed by atoms with van der Waals surface area (Å²) in [6.45, 7) is 3.49. The molecule has 10 heteroatoms. The van der Waals surface area contributed by atoms with Crippen LogP contribution in [-0.2, 0) is 19.9 Å². The molecule has 1 aliphatic rings. The van der Waals surface area contributed by atoms with Crippen LogP contribution in [0.15, 0.2) is 36.4 Å². The van der Waals surface area contributed by atoms with Crippen molar-refractivity contribution in [2.24, 2.45) is 0 Å². The Bertz CT molecular complexity index is 1010. The Hall–Kier alpha value is -2.91. The third kappa shape index (κ3) is 5.05. The Morgan fingerprint density at radius 3 is 2.52 bits per heavy atom. The molecule has 164 valence electrons. The lowest BCUT2D eigenvalue weighted by Gasteiger charge is -2.20. The summed E-state index contributed by atoms with van der Waals surface area (Å²) in [5, 5.41) is 5.24. The van der Waals surface area contributed by atoms with E-state index in [1.54, 1.807) is 31.2 Å². The number of ether oxygens (including phenoxy) is 1. The molecular formula is C21H22ClN3O5S. The summed E-state index contributed by atoms with van der Waals surface area (Å²) < 4.78 is 5.63. The molecule has 1 aromatic heterocycles. The highest BCUT2D eigenvalue weighted by Gasteiger charge is 2.50. The molecule has 2 aromatic rings. The largest absolute Gasteiger partial charge is 0.462 e. The van der Waals surface area contributed by atoms with Gasteiger partial charge in [0.1, 0.15) is 6.54 Å². The Morgan fingerprint density at radius 2 is 1.90 bits per heavy atom. The van der Waals surface area contributed by atoms with Crippen LogP contribution in [0.4, 0.5) is 10.5 Å². The number of hydrogen-bond acceptors (Lipinski definition) is 6. The number of carbonyl (C=O) groups is 4. The highest BCUT2D eigenvalue weighted by atomic mass is 35.5. The van der Waals surface area contributed by atoms with Gasteiger partial charge in [0.15, 0.2) is 5.54 Å². The fourth-order valence-electron chi connectivity index (χ4n) is 3.02. The number of urea groups is 1. The number of thiophene rings is 1. The number of unbranched alkanes of at least 4 members (excludes halogenated alkanes) is 1. The molecule has 1 aromatic carbocycles. The lowest BCUT2D eigenvalue weighted by Crippen LogP contribution is -2.41. The van der Waals surface area contributed by atoms with E-state index in [0.717, 1.165) is 17.7 Å². The number of benzene rings is 1. The van der Waals surface area contributed by atoms with Crippen LogP contribution in [0.2, 0.25) is 4.34 Å². The number of anilines is 1. The van der Waals surface area contributed by atoms with Crippen molar-refractivity contribution in [2.75, 3.05) is 18.5 Å². The number of halogens is 1. The summed E-state index contributed by atoms with van der Waals surface area (Å²) in [5.41, 5.74) is -0.474. The Balaban J connectivity index is 1.60. The van der Waals surface area contributed by atoms with E-state index in [-0.39, 0.29) is 0 Å². The van der Waals surface area contributed by atoms with Gasteiger partial charge in [-0.1, -0.05) is 24.9 Å². The third-order valence-corrected chi connectivity index (χ3v) is 6.23. The van der Waals surface area contributed by atoms with Crippen LogP contribution in [0.25, 0.3) is 0 Å². The number of esters is 1. The van der Waals surface area contributed by atoms with Gasteiger partial charge in [-0.2, -0.15) is 0 Å². The Labute approximate surface area is 188 Å². The van der Waals surface area contributed by atoms with Crippen LogP contribution in [0, 0.1) is 0 Å². The number of carbonyl (C=O) groups excluding carboxylic acids is 4. The van der Waals surface area contributed by atoms with Crippen LogP contribution < -0.4 is 10.6 Å². The molecule has 8 nitrogen and oxygen atoms in total. The van der Waals surface area contributed by atoms with Crippen molar-refractivity contribution in [1.29, 1.82) is 0 Å². The van der Waals surface area contributed by atoms with Gasteiger partial charge in [-0.3, -0.25) is 14.5 Å². The molecule has 31 heavy (non-hydrogen) atoms. The molecular weight excluding hydrogens is 442 g/mol. The van der Waals surface area contributed by atoms with Crippen molar-refractivity contribution in [3.05, 3.63) is 51.2 Å². The number of amides is 4. The van der Waals surface area contributed by atoms with Gasteiger partial charge in [0.05, 0.1) is 16.5 Å². The quantitative estimate of drug-likeness (QED) is 0.352. The molecule has 0 radical (unpaired) electrons. The number of rotatable bonds is 8. The van der Waals surface area contributed by atoms with E-state index in [2.05, 4.69) is 10.6 Å². The first kappa shape index (κ1) is 22.8. The van der Waals surface area contributed by atoms with E-state index in [0.29, 0.717) is 27.1 Å². The topological polar surface area (TPSA) is 105 Å². The van der Waals surface area contributed by atoms with Crippen LogP contribution in [0.3, 0.4) is 0 Å². The molecule has 0 spiro atoms. The zero-order chi connectivity index (χ0) is 22.6. The number of imide groups is 1. The minimum absolute atomic E-state index is 0.357. The lowest BCUT2D eigenvalue weighted by molar-refractivity contribution is -0.133. The van der Waals surface area contributed by atoms with Gasteiger partial charge in [0.25, 0.3) is 5.91 Å². The summed E-state index contributed by atoms with van der Waals surface area (Å²) in [5.74, 6) is -1.51. The van der Waals surface area contributed by atoms with E-state index >= 15 is 0 Å². The predicted molar refractivity (Wildman–Crippen MR) is 117 cm³/mol. The highest BCUT2D eigenvalue weighted by molar-refractivity contribution is 7.16. The van der Waals surface area contributed by atoms with E-state index in [1.165, 1.54) is 23.5 Å². The molecule has 0 unspecified atom stereocenters. The molecule has 3 rings (SSSR count). The van der Waals surface area contributed by atoms with E-state index in [9.17, 15) is 19.2 Å². The molecule has 0 aliphatic carbocycles. The van der Waals surface area contributed by atoms with Crippen molar-refractivity contribution >= 4 is 52.4 Å². The number of nitrogens with zero attached hydrogens (tertiary/aromatic N) is 1. The monoisotopic (exact) mass is 463 g/mol. The van der Waals surface area contributed by atoms with Gasteiger partial charge in [-0.15, -0.1) is 11.3 Å². The number of nitrogens with one attached hydrogen (secondary N) is 2. The standard InChI is InChI=1S/C21H22ClN3O5S/c1-3-4-11-30-18(27)13-5-7-14(8-6-13)23-17(26)12-25-19(28)21(2,24-20(25)29)15-9-10-16(22)31-15/h5-10H,3-4,11-12H2,1-2H3,(H,23,26)(H,24,29)/t21-/m1/s1. The summed E-state index contributed by atoms with van der Waals surface area (Å²) in [4.78, 5) is 51.0. The SMILES string of the molecule is CCCCOC(=O)c1ccc(NC(=O)CN2C(=O)N[C@](C)(c3ccc(Cl)s3)C2=O)cc1. The summed E-state index contributed by atoms with van der Waals surface area (Å²) in [6.07, 6.45) is 1.72. The van der Waals surface area contributed by atoms with E-state index < -0.39 is 35.9 Å². The molecule has 2 N–H and O–H groups in total. The molecule has 1 aliphatic heterocycles. The van der Waals surface area contributed by atoms with Gasteiger partial charge in [0.2, 0.25) is 5.91 Å². The predicted octanol–water partition coefficient (Wildman–Crippen LogP) is 3.76. The molecule has 1 atom stereocenters. The minimum atomic E-state index is -1.27. The average molecular weight is 464 g/mol. The highest BCUT2D eigenvalue weighted by Crippen LogP contribution is 2.35. The molecule has 0 bridgehead atoms. The molecule has 0 saturated carbocycles. The second-order valence-corrected chi connectivity index (χ2v) is 8.88. The van der Waals surface area contributed by atoms with Crippen molar-refractivity contribution in [1.82, 2.24) is 10.2 Å². The average Bonchev–Trinajstić information content (AvgIpc) is 3.26. The minimum Gasteiger partial charge on any atom is -0.462 e. The fourth-order valence-corrected chi connectivity index (χ4v) is 4.15. The maximum atomic E-state index is 12.8. The summed E-state index contributed by atoms with van der Waals surface area (Å²) in [7, 11) is 0. The smallest absolute Gasteiger partial charge is 0.338 e. The Morgan fingerprint density at radius 1 is 1.19 bits per heavy atom. The van der Waals surface area contributed by atoms with Gasteiger partial charge in [0, 0.05) is 10.6 Å². The maximum absolute atomic E-state index is 12.8.